The van der Waals surface area contributed by atoms with E-state index in [0.29, 0.717) is 12.5 Å². The van der Waals surface area contributed by atoms with Crippen LogP contribution in [-0.4, -0.2) is 11.7 Å². The molecule has 0 heterocycles. The van der Waals surface area contributed by atoms with Gasteiger partial charge >= 0.3 is 0 Å². The van der Waals surface area contributed by atoms with Gasteiger partial charge in [-0.25, -0.2) is 0 Å². The van der Waals surface area contributed by atoms with Crippen molar-refractivity contribution in [2.45, 2.75) is 32.6 Å². The fourth-order valence-corrected chi connectivity index (χ4v) is 1.73. The molecule has 0 aromatic carbocycles. The van der Waals surface area contributed by atoms with Gasteiger partial charge in [-0.15, -0.1) is 0 Å². The molecule has 0 spiro atoms. The standard InChI is InChI=1S/C8H16O/c1-7-3-2-4-8(5-7)6-9/h7-9H,2-6H2,1H3/t7-,8-/m0/s1. The van der Waals surface area contributed by atoms with Crippen LogP contribution < -0.4 is 0 Å². The molecule has 1 aliphatic rings. The lowest BCUT2D eigenvalue weighted by molar-refractivity contribution is 0.166. The van der Waals surface area contributed by atoms with Crippen LogP contribution in [0.15, 0.2) is 0 Å². The molecule has 1 nitrogen and oxygen atoms in total. The molecule has 1 aliphatic carbocycles. The summed E-state index contributed by atoms with van der Waals surface area (Å²) in [7, 11) is 0. The summed E-state index contributed by atoms with van der Waals surface area (Å²) in [6, 6.07) is 0. The molecule has 0 radical (unpaired) electrons. The molecule has 9 heavy (non-hydrogen) atoms. The molecule has 1 N–H and O–H groups in total. The minimum Gasteiger partial charge on any atom is -0.396 e. The van der Waals surface area contributed by atoms with Gasteiger partial charge < -0.3 is 5.11 Å². The Kier molecular flexibility index (Phi) is 2.52. The second kappa shape index (κ2) is 3.21. The minimum absolute atomic E-state index is 0.407. The number of hydrogen-bond acceptors (Lipinski definition) is 1. The van der Waals surface area contributed by atoms with Gasteiger partial charge in [0.1, 0.15) is 0 Å². The van der Waals surface area contributed by atoms with E-state index in [4.69, 9.17) is 5.11 Å². The third kappa shape index (κ3) is 1.98. The van der Waals surface area contributed by atoms with Gasteiger partial charge in [-0.05, 0) is 24.7 Å². The van der Waals surface area contributed by atoms with E-state index in [9.17, 15) is 0 Å². The highest BCUT2D eigenvalue weighted by molar-refractivity contribution is 4.68. The largest absolute Gasteiger partial charge is 0.396 e. The van der Waals surface area contributed by atoms with E-state index in [1.165, 1.54) is 25.7 Å². The summed E-state index contributed by atoms with van der Waals surface area (Å²) in [5, 5.41) is 8.81. The first-order valence-corrected chi connectivity index (χ1v) is 3.93. The molecule has 1 fully saturated rings. The maximum Gasteiger partial charge on any atom is 0.0459 e. The van der Waals surface area contributed by atoms with Crippen molar-refractivity contribution in [1.29, 1.82) is 0 Å². The predicted molar refractivity (Wildman–Crippen MR) is 38.2 cm³/mol. The molecule has 0 aromatic heterocycles. The van der Waals surface area contributed by atoms with Gasteiger partial charge in [-0.1, -0.05) is 19.8 Å². The van der Waals surface area contributed by atoms with Gasteiger partial charge in [0.05, 0.1) is 0 Å². The number of hydrogen-bond donors (Lipinski definition) is 1. The van der Waals surface area contributed by atoms with E-state index in [-0.39, 0.29) is 0 Å². The van der Waals surface area contributed by atoms with Crippen LogP contribution in [0.4, 0.5) is 0 Å². The molecule has 1 heteroatoms. The second-order valence-corrected chi connectivity index (χ2v) is 3.32. The first-order valence-electron chi connectivity index (χ1n) is 3.93. The number of aliphatic hydroxyl groups excluding tert-OH is 1. The summed E-state index contributed by atoms with van der Waals surface area (Å²) in [5.41, 5.74) is 0. The van der Waals surface area contributed by atoms with Crippen LogP contribution in [0.5, 0.6) is 0 Å². The Labute approximate surface area is 57.1 Å². The Morgan fingerprint density at radius 2 is 2.22 bits per heavy atom. The summed E-state index contributed by atoms with van der Waals surface area (Å²) in [5.74, 6) is 1.48. The van der Waals surface area contributed by atoms with E-state index < -0.39 is 0 Å². The first kappa shape index (κ1) is 7.07. The average molecular weight is 128 g/mol. The van der Waals surface area contributed by atoms with E-state index in [2.05, 4.69) is 6.92 Å². The fourth-order valence-electron chi connectivity index (χ4n) is 1.73. The number of rotatable bonds is 1. The third-order valence-electron chi connectivity index (χ3n) is 2.30. The van der Waals surface area contributed by atoms with Crippen molar-refractivity contribution in [3.05, 3.63) is 0 Å². The molecular weight excluding hydrogens is 112 g/mol. The molecule has 54 valence electrons. The molecular formula is C8H16O. The molecule has 2 atom stereocenters. The lowest BCUT2D eigenvalue weighted by atomic mass is 9.83. The Balaban J connectivity index is 2.23. The van der Waals surface area contributed by atoms with Crippen molar-refractivity contribution in [3.8, 4) is 0 Å². The summed E-state index contributed by atoms with van der Waals surface area (Å²) in [4.78, 5) is 0. The van der Waals surface area contributed by atoms with Crippen molar-refractivity contribution in [3.63, 3.8) is 0 Å². The maximum atomic E-state index is 8.81. The fraction of sp³-hybridized carbons (Fsp3) is 1.00. The monoisotopic (exact) mass is 128 g/mol. The van der Waals surface area contributed by atoms with Crippen LogP contribution in [-0.2, 0) is 0 Å². The predicted octanol–water partition coefficient (Wildman–Crippen LogP) is 1.80. The van der Waals surface area contributed by atoms with Crippen molar-refractivity contribution in [2.75, 3.05) is 6.61 Å². The topological polar surface area (TPSA) is 20.2 Å². The van der Waals surface area contributed by atoms with Crippen LogP contribution in [0.1, 0.15) is 32.6 Å². The van der Waals surface area contributed by atoms with Crippen LogP contribution in [0.2, 0.25) is 0 Å². The molecule has 0 aliphatic heterocycles. The Morgan fingerprint density at radius 3 is 2.67 bits per heavy atom. The highest BCUT2D eigenvalue weighted by Gasteiger charge is 2.17. The zero-order valence-corrected chi connectivity index (χ0v) is 6.14. The van der Waals surface area contributed by atoms with Gasteiger partial charge in [-0.2, -0.15) is 0 Å². The van der Waals surface area contributed by atoms with E-state index >= 15 is 0 Å². The Bertz CT molecular complexity index is 80.6. The SMILES string of the molecule is C[C@H]1CCC[C@H](CO)C1. The molecule has 1 rings (SSSR count). The second-order valence-electron chi connectivity index (χ2n) is 3.32. The Morgan fingerprint density at radius 1 is 1.44 bits per heavy atom. The molecule has 0 amide bonds. The van der Waals surface area contributed by atoms with Crippen molar-refractivity contribution in [2.24, 2.45) is 11.8 Å². The lowest BCUT2D eigenvalue weighted by Gasteiger charge is -2.24. The molecule has 0 saturated heterocycles. The summed E-state index contributed by atoms with van der Waals surface area (Å²) < 4.78 is 0. The van der Waals surface area contributed by atoms with Gasteiger partial charge in [0, 0.05) is 6.61 Å². The van der Waals surface area contributed by atoms with E-state index in [1.54, 1.807) is 0 Å². The van der Waals surface area contributed by atoms with Gasteiger partial charge in [0.15, 0.2) is 0 Å². The summed E-state index contributed by atoms with van der Waals surface area (Å²) in [6.45, 7) is 2.69. The molecule has 0 bridgehead atoms. The van der Waals surface area contributed by atoms with Crippen LogP contribution in [0, 0.1) is 11.8 Å². The first-order chi connectivity index (χ1) is 4.33. The van der Waals surface area contributed by atoms with Crippen LogP contribution >= 0.6 is 0 Å². The quantitative estimate of drug-likeness (QED) is 0.571. The minimum atomic E-state index is 0.407. The van der Waals surface area contributed by atoms with Gasteiger partial charge in [0.2, 0.25) is 0 Å². The smallest absolute Gasteiger partial charge is 0.0459 e. The van der Waals surface area contributed by atoms with E-state index in [1.807, 2.05) is 0 Å². The summed E-state index contributed by atoms with van der Waals surface area (Å²) in [6.07, 6.45) is 5.19. The average Bonchev–Trinajstić information content (AvgIpc) is 1.88. The van der Waals surface area contributed by atoms with Crippen molar-refractivity contribution >= 4 is 0 Å². The third-order valence-corrected chi connectivity index (χ3v) is 2.30. The zero-order valence-electron chi connectivity index (χ0n) is 6.14. The van der Waals surface area contributed by atoms with Crippen LogP contribution in [0.25, 0.3) is 0 Å². The van der Waals surface area contributed by atoms with Crippen molar-refractivity contribution < 1.29 is 5.11 Å². The Hall–Kier alpha value is -0.0400. The summed E-state index contributed by atoms with van der Waals surface area (Å²) >= 11 is 0. The van der Waals surface area contributed by atoms with Crippen LogP contribution in [0.3, 0.4) is 0 Å². The van der Waals surface area contributed by atoms with E-state index in [0.717, 1.165) is 5.92 Å². The van der Waals surface area contributed by atoms with Gasteiger partial charge in [-0.3, -0.25) is 0 Å². The molecule has 1 saturated carbocycles. The maximum absolute atomic E-state index is 8.81. The normalized spacial score (nSPS) is 36.7. The highest BCUT2D eigenvalue weighted by Crippen LogP contribution is 2.27. The highest BCUT2D eigenvalue weighted by atomic mass is 16.3. The van der Waals surface area contributed by atoms with Gasteiger partial charge in [0.25, 0.3) is 0 Å². The molecule has 0 aromatic rings. The lowest BCUT2D eigenvalue weighted by Crippen LogP contribution is -2.15. The molecule has 0 unspecified atom stereocenters. The zero-order chi connectivity index (χ0) is 6.69. The number of aliphatic hydroxyl groups is 1. The van der Waals surface area contributed by atoms with Crippen molar-refractivity contribution in [1.82, 2.24) is 0 Å².